The highest BCUT2D eigenvalue weighted by Gasteiger charge is 2.38. The minimum Gasteiger partial charge on any atom is -0.370 e. The zero-order valence-electron chi connectivity index (χ0n) is 26.0. The normalized spacial score (nSPS) is 17.2. The second kappa shape index (κ2) is 14.2. The van der Waals surface area contributed by atoms with Crippen LogP contribution in [0.5, 0.6) is 0 Å². The number of hydrogen-bond donors (Lipinski definition) is 4. The molecule has 5 rings (SSSR count). The minimum atomic E-state index is -0.742. The van der Waals surface area contributed by atoms with E-state index in [4.69, 9.17) is 11.1 Å². The van der Waals surface area contributed by atoms with Crippen LogP contribution in [0.2, 0.25) is 0 Å². The van der Waals surface area contributed by atoms with E-state index >= 15 is 0 Å². The lowest BCUT2D eigenvalue weighted by atomic mass is 9.97. The molecule has 9 nitrogen and oxygen atoms in total. The van der Waals surface area contributed by atoms with Gasteiger partial charge in [0, 0.05) is 45.1 Å². The van der Waals surface area contributed by atoms with Gasteiger partial charge in [-0.15, -0.1) is 0 Å². The van der Waals surface area contributed by atoms with Gasteiger partial charge in [-0.25, -0.2) is 0 Å². The maximum Gasteiger partial charge on any atom is 0.245 e. The Balaban J connectivity index is 1.35. The van der Waals surface area contributed by atoms with Crippen LogP contribution in [0.15, 0.2) is 84.9 Å². The van der Waals surface area contributed by atoms with Crippen LogP contribution in [0.3, 0.4) is 0 Å². The third-order valence-corrected chi connectivity index (χ3v) is 8.57. The first kappa shape index (κ1) is 31.5. The van der Waals surface area contributed by atoms with E-state index in [1.807, 2.05) is 83.5 Å². The molecule has 3 atom stereocenters. The Morgan fingerprint density at radius 3 is 2.09 bits per heavy atom. The van der Waals surface area contributed by atoms with Gasteiger partial charge in [-0.1, -0.05) is 84.9 Å². The molecule has 0 aromatic heterocycles. The zero-order valence-corrected chi connectivity index (χ0v) is 26.0. The van der Waals surface area contributed by atoms with E-state index < -0.39 is 6.04 Å². The van der Waals surface area contributed by atoms with Crippen LogP contribution in [0.1, 0.15) is 37.8 Å². The summed E-state index contributed by atoms with van der Waals surface area (Å²) in [5.41, 5.74) is 7.39. The molecule has 0 radical (unpaired) electrons. The summed E-state index contributed by atoms with van der Waals surface area (Å²) in [5.74, 6) is -0.509. The number of hydrogen-bond acceptors (Lipinski definition) is 4. The Morgan fingerprint density at radius 2 is 1.47 bits per heavy atom. The summed E-state index contributed by atoms with van der Waals surface area (Å²) in [6.45, 7) is 4.64. The van der Waals surface area contributed by atoms with E-state index in [-0.39, 0.29) is 42.2 Å². The molecule has 0 saturated carbocycles. The molecule has 0 aliphatic carbocycles. The van der Waals surface area contributed by atoms with Gasteiger partial charge in [0.15, 0.2) is 5.96 Å². The average Bonchev–Trinajstić information content (AvgIpc) is 3.02. The predicted octanol–water partition coefficient (Wildman–Crippen LogP) is 3.97. The zero-order chi connectivity index (χ0) is 31.9. The third-order valence-electron chi connectivity index (χ3n) is 8.57. The maximum absolute atomic E-state index is 14.2. The molecular formula is C36H42N6O3. The average molecular weight is 607 g/mol. The van der Waals surface area contributed by atoms with Crippen molar-refractivity contribution < 1.29 is 14.4 Å². The van der Waals surface area contributed by atoms with Crippen LogP contribution in [-0.2, 0) is 27.2 Å². The summed E-state index contributed by atoms with van der Waals surface area (Å²) in [6, 6.07) is 27.2. The molecule has 1 heterocycles. The number of nitrogens with zero attached hydrogens (tertiary/aromatic N) is 2. The van der Waals surface area contributed by atoms with Crippen molar-refractivity contribution in [1.29, 1.82) is 5.41 Å². The third kappa shape index (κ3) is 7.98. The number of fused-ring (bicyclic) bond motifs is 2. The van der Waals surface area contributed by atoms with Gasteiger partial charge >= 0.3 is 0 Å². The van der Waals surface area contributed by atoms with Crippen molar-refractivity contribution in [2.24, 2.45) is 5.73 Å². The van der Waals surface area contributed by atoms with E-state index in [9.17, 15) is 14.4 Å². The highest BCUT2D eigenvalue weighted by atomic mass is 16.2. The highest BCUT2D eigenvalue weighted by Crippen LogP contribution is 2.24. The topological polar surface area (TPSA) is 132 Å². The number of amides is 3. The molecule has 2 unspecified atom stereocenters. The highest BCUT2D eigenvalue weighted by molar-refractivity contribution is 5.89. The molecule has 1 saturated heterocycles. The molecule has 1 aliphatic rings. The Labute approximate surface area is 264 Å². The molecule has 3 amide bonds. The lowest BCUT2D eigenvalue weighted by molar-refractivity contribution is -0.148. The fourth-order valence-electron chi connectivity index (χ4n) is 6.34. The largest absolute Gasteiger partial charge is 0.370 e. The standard InChI is InChI=1S/C36H42N6O3/c1-24-22-42(35(45)33(40-25(2)43)20-26-13-15-28-8-3-5-10-30(28)18-26)32(12-7-17-39-36(37)38)23-41(24)34(44)21-27-14-16-29-9-4-6-11-31(29)19-27/h3-6,8-11,13-16,18-19,24,32-33H,7,12,17,20-23H2,1-2H3,(H,40,43)(H4,37,38,39)/t24?,32?,33-/m1/s1. The van der Waals surface area contributed by atoms with E-state index in [0.29, 0.717) is 38.9 Å². The molecular weight excluding hydrogens is 564 g/mol. The number of carbonyl (C=O) groups excluding carboxylic acids is 3. The molecule has 1 aliphatic heterocycles. The molecule has 45 heavy (non-hydrogen) atoms. The Bertz CT molecular complexity index is 1700. The second-order valence-corrected chi connectivity index (χ2v) is 12.0. The van der Waals surface area contributed by atoms with Gasteiger partial charge in [0.05, 0.1) is 6.42 Å². The first-order chi connectivity index (χ1) is 21.7. The SMILES string of the molecule is CC(=O)N[C@H](Cc1ccc2ccccc2c1)C(=O)N1CC(C)N(C(=O)Cc2ccc3ccccc3c2)CC1CCCNC(=N)N. The summed E-state index contributed by atoms with van der Waals surface area (Å²) in [4.78, 5) is 43.9. The molecule has 4 aromatic carbocycles. The number of benzene rings is 4. The number of nitrogens with one attached hydrogen (secondary N) is 3. The van der Waals surface area contributed by atoms with Crippen molar-refractivity contribution in [3.63, 3.8) is 0 Å². The van der Waals surface area contributed by atoms with Crippen molar-refractivity contribution in [3.8, 4) is 0 Å². The summed E-state index contributed by atoms with van der Waals surface area (Å²) in [5, 5.41) is 17.6. The summed E-state index contributed by atoms with van der Waals surface area (Å²) in [7, 11) is 0. The lowest BCUT2D eigenvalue weighted by Crippen LogP contribution is -2.63. The molecule has 9 heteroatoms. The molecule has 0 spiro atoms. The predicted molar refractivity (Wildman–Crippen MR) is 179 cm³/mol. The fourth-order valence-corrected chi connectivity index (χ4v) is 6.34. The van der Waals surface area contributed by atoms with Crippen LogP contribution in [0, 0.1) is 5.41 Å². The van der Waals surface area contributed by atoms with Gasteiger partial charge < -0.3 is 26.2 Å². The van der Waals surface area contributed by atoms with Crippen LogP contribution in [-0.4, -0.2) is 71.2 Å². The van der Waals surface area contributed by atoms with E-state index in [1.54, 1.807) is 0 Å². The lowest BCUT2D eigenvalue weighted by Gasteiger charge is -2.46. The first-order valence-corrected chi connectivity index (χ1v) is 15.6. The van der Waals surface area contributed by atoms with Gasteiger partial charge in [-0.05, 0) is 52.4 Å². The van der Waals surface area contributed by atoms with Gasteiger partial charge in [0.25, 0.3) is 0 Å². The number of nitrogens with two attached hydrogens (primary N) is 1. The van der Waals surface area contributed by atoms with Crippen LogP contribution in [0.25, 0.3) is 21.5 Å². The number of carbonyl (C=O) groups is 3. The quantitative estimate of drug-likeness (QED) is 0.123. The van der Waals surface area contributed by atoms with E-state index in [2.05, 4.69) is 28.8 Å². The minimum absolute atomic E-state index is 0.0197. The van der Waals surface area contributed by atoms with Crippen LogP contribution in [0.4, 0.5) is 0 Å². The molecule has 5 N–H and O–H groups in total. The first-order valence-electron chi connectivity index (χ1n) is 15.6. The van der Waals surface area contributed by atoms with Crippen molar-refractivity contribution in [3.05, 3.63) is 96.1 Å². The molecule has 4 aromatic rings. The van der Waals surface area contributed by atoms with Crippen LogP contribution < -0.4 is 16.4 Å². The van der Waals surface area contributed by atoms with Crippen molar-refractivity contribution in [1.82, 2.24) is 20.4 Å². The fraction of sp³-hybridized carbons (Fsp3) is 0.333. The molecule has 1 fully saturated rings. The summed E-state index contributed by atoms with van der Waals surface area (Å²) in [6.07, 6.45) is 1.90. The Kier molecular flexibility index (Phi) is 9.97. The van der Waals surface area contributed by atoms with Crippen LogP contribution >= 0.6 is 0 Å². The Hall–Kier alpha value is -4.92. The van der Waals surface area contributed by atoms with Gasteiger partial charge in [0.2, 0.25) is 17.7 Å². The summed E-state index contributed by atoms with van der Waals surface area (Å²) < 4.78 is 0. The van der Waals surface area contributed by atoms with Crippen molar-refractivity contribution in [2.75, 3.05) is 19.6 Å². The van der Waals surface area contributed by atoms with Gasteiger partial charge in [0.1, 0.15) is 6.04 Å². The number of rotatable bonds is 10. The molecule has 0 bridgehead atoms. The Morgan fingerprint density at radius 1 is 0.867 bits per heavy atom. The molecule has 234 valence electrons. The van der Waals surface area contributed by atoms with E-state index in [1.165, 1.54) is 6.92 Å². The monoisotopic (exact) mass is 606 g/mol. The summed E-state index contributed by atoms with van der Waals surface area (Å²) >= 11 is 0. The maximum atomic E-state index is 14.2. The van der Waals surface area contributed by atoms with Crippen molar-refractivity contribution in [2.45, 2.75) is 57.7 Å². The smallest absolute Gasteiger partial charge is 0.245 e. The number of piperazine rings is 1. The van der Waals surface area contributed by atoms with Crippen molar-refractivity contribution >= 4 is 45.2 Å². The van der Waals surface area contributed by atoms with Gasteiger partial charge in [-0.2, -0.15) is 0 Å². The number of guanidine groups is 1. The van der Waals surface area contributed by atoms with Gasteiger partial charge in [-0.3, -0.25) is 19.8 Å². The second-order valence-electron chi connectivity index (χ2n) is 12.0. The van der Waals surface area contributed by atoms with E-state index in [0.717, 1.165) is 32.7 Å².